The average molecular weight is 453 g/mol. The van der Waals surface area contributed by atoms with Crippen molar-refractivity contribution in [1.29, 1.82) is 0 Å². The Bertz CT molecular complexity index is 1260. The van der Waals surface area contributed by atoms with Gasteiger partial charge >= 0.3 is 0 Å². The van der Waals surface area contributed by atoms with Crippen LogP contribution in [0.2, 0.25) is 0 Å². The molecular formula is C29H28N2O3. The summed E-state index contributed by atoms with van der Waals surface area (Å²) in [4.78, 5) is 13.2. The van der Waals surface area contributed by atoms with Crippen molar-refractivity contribution in [3.63, 3.8) is 0 Å². The number of benzene rings is 3. The number of anilines is 2. The molecule has 0 radical (unpaired) electrons. The molecule has 3 aromatic carbocycles. The van der Waals surface area contributed by atoms with Crippen molar-refractivity contribution in [1.82, 2.24) is 0 Å². The monoisotopic (exact) mass is 452 g/mol. The molecule has 0 unspecified atom stereocenters. The summed E-state index contributed by atoms with van der Waals surface area (Å²) in [5, 5.41) is 6.91. The molecule has 1 amide bonds. The first kappa shape index (κ1) is 20.0. The van der Waals surface area contributed by atoms with Crippen molar-refractivity contribution < 1.29 is 14.3 Å². The van der Waals surface area contributed by atoms with Gasteiger partial charge in [0.15, 0.2) is 11.5 Å². The van der Waals surface area contributed by atoms with E-state index in [1.807, 2.05) is 24.3 Å². The van der Waals surface area contributed by atoms with Crippen molar-refractivity contribution >= 4 is 17.3 Å². The lowest BCUT2D eigenvalue weighted by atomic mass is 9.68. The van der Waals surface area contributed by atoms with Gasteiger partial charge in [0, 0.05) is 23.0 Å². The van der Waals surface area contributed by atoms with E-state index in [2.05, 4.69) is 53.1 Å². The minimum atomic E-state index is -0.0932. The number of hydrogen-bond acceptors (Lipinski definition) is 4. The van der Waals surface area contributed by atoms with Crippen LogP contribution in [0.15, 0.2) is 66.7 Å². The van der Waals surface area contributed by atoms with E-state index in [1.54, 1.807) is 0 Å². The smallest absolute Gasteiger partial charge is 0.255 e. The Morgan fingerprint density at radius 2 is 1.71 bits per heavy atom. The lowest BCUT2D eigenvalue weighted by Crippen LogP contribution is -2.35. The van der Waals surface area contributed by atoms with Crippen LogP contribution < -0.4 is 20.1 Å². The molecule has 2 N–H and O–H groups in total. The van der Waals surface area contributed by atoms with Crippen LogP contribution in [-0.2, 0) is 0 Å². The molecule has 0 saturated heterocycles. The number of hydrogen-bond donors (Lipinski definition) is 2. The first-order valence-corrected chi connectivity index (χ1v) is 12.4. The first-order valence-electron chi connectivity index (χ1n) is 12.4. The molecule has 2 aliphatic heterocycles. The van der Waals surface area contributed by atoms with E-state index in [4.69, 9.17) is 9.47 Å². The van der Waals surface area contributed by atoms with Gasteiger partial charge in [0.1, 0.15) is 13.2 Å². The van der Waals surface area contributed by atoms with Gasteiger partial charge in [0.05, 0.1) is 6.04 Å². The topological polar surface area (TPSA) is 59.6 Å². The van der Waals surface area contributed by atoms with Gasteiger partial charge < -0.3 is 20.1 Å². The molecule has 2 bridgehead atoms. The first-order chi connectivity index (χ1) is 16.7. The van der Waals surface area contributed by atoms with Gasteiger partial charge in [0.25, 0.3) is 5.91 Å². The second-order valence-electron chi connectivity index (χ2n) is 10.1. The summed E-state index contributed by atoms with van der Waals surface area (Å²) in [5.41, 5.74) is 5.29. The maximum atomic E-state index is 13.2. The third-order valence-electron chi connectivity index (χ3n) is 8.31. The second-order valence-corrected chi connectivity index (χ2v) is 10.1. The van der Waals surface area contributed by atoms with E-state index in [1.165, 1.54) is 36.1 Å². The Morgan fingerprint density at radius 1 is 0.882 bits per heavy atom. The molecule has 5 nitrogen and oxygen atoms in total. The van der Waals surface area contributed by atoms with E-state index in [9.17, 15) is 4.79 Å². The summed E-state index contributed by atoms with van der Waals surface area (Å²) < 4.78 is 11.3. The van der Waals surface area contributed by atoms with Crippen LogP contribution in [0.5, 0.6) is 11.5 Å². The Hall–Kier alpha value is -3.47. The lowest BCUT2D eigenvalue weighted by molar-refractivity contribution is 0.102. The largest absolute Gasteiger partial charge is 0.486 e. The third kappa shape index (κ3) is 3.17. The highest BCUT2D eigenvalue weighted by atomic mass is 16.6. The molecular weight excluding hydrogens is 424 g/mol. The molecule has 34 heavy (non-hydrogen) atoms. The maximum Gasteiger partial charge on any atom is 0.255 e. The molecule has 2 saturated carbocycles. The molecule has 5 atom stereocenters. The Morgan fingerprint density at radius 3 is 2.59 bits per heavy atom. The van der Waals surface area contributed by atoms with Crippen molar-refractivity contribution in [2.24, 2.45) is 17.8 Å². The highest BCUT2D eigenvalue weighted by Crippen LogP contribution is 2.63. The summed E-state index contributed by atoms with van der Waals surface area (Å²) in [6.07, 6.45) is 3.95. The van der Waals surface area contributed by atoms with E-state index < -0.39 is 0 Å². The van der Waals surface area contributed by atoms with Crippen LogP contribution in [0, 0.1) is 17.8 Å². The summed E-state index contributed by atoms with van der Waals surface area (Å²) in [6.45, 7) is 1.08. The Balaban J connectivity index is 1.20. The Kier molecular flexibility index (Phi) is 4.57. The van der Waals surface area contributed by atoms with Gasteiger partial charge in [-0.1, -0.05) is 30.3 Å². The van der Waals surface area contributed by atoms with Crippen LogP contribution in [0.25, 0.3) is 0 Å². The predicted molar refractivity (Wildman–Crippen MR) is 132 cm³/mol. The van der Waals surface area contributed by atoms with Gasteiger partial charge in [-0.2, -0.15) is 0 Å². The number of carbonyl (C=O) groups is 1. The summed E-state index contributed by atoms with van der Waals surface area (Å²) in [6, 6.07) is 22.9. The highest BCUT2D eigenvalue weighted by molar-refractivity contribution is 6.05. The van der Waals surface area contributed by atoms with Gasteiger partial charge in [0.2, 0.25) is 0 Å². The molecule has 2 heterocycles. The van der Waals surface area contributed by atoms with E-state index in [0.717, 1.165) is 17.6 Å². The molecule has 4 aliphatic rings. The van der Waals surface area contributed by atoms with E-state index in [-0.39, 0.29) is 5.91 Å². The fourth-order valence-corrected chi connectivity index (χ4v) is 6.94. The zero-order chi connectivity index (χ0) is 22.6. The van der Waals surface area contributed by atoms with Crippen LogP contribution in [0.4, 0.5) is 11.4 Å². The fourth-order valence-electron chi connectivity index (χ4n) is 6.94. The maximum absolute atomic E-state index is 13.2. The van der Waals surface area contributed by atoms with Gasteiger partial charge in [-0.25, -0.2) is 0 Å². The number of amides is 1. The molecule has 2 fully saturated rings. The molecule has 172 valence electrons. The third-order valence-corrected chi connectivity index (χ3v) is 8.31. The lowest BCUT2D eigenvalue weighted by Gasteiger charge is -2.43. The number of ether oxygens (including phenoxy) is 2. The molecule has 2 aliphatic carbocycles. The fraction of sp³-hybridized carbons (Fsp3) is 0.345. The predicted octanol–water partition coefficient (Wildman–Crippen LogP) is 6.01. The molecule has 5 heteroatoms. The van der Waals surface area contributed by atoms with E-state index >= 15 is 0 Å². The minimum Gasteiger partial charge on any atom is -0.486 e. The number of nitrogens with one attached hydrogen (secondary N) is 2. The van der Waals surface area contributed by atoms with Crippen molar-refractivity contribution in [2.45, 2.75) is 31.2 Å². The van der Waals surface area contributed by atoms with Crippen molar-refractivity contribution in [2.75, 3.05) is 23.8 Å². The summed E-state index contributed by atoms with van der Waals surface area (Å²) in [7, 11) is 0. The van der Waals surface area contributed by atoms with Crippen molar-refractivity contribution in [3.8, 4) is 11.5 Å². The van der Waals surface area contributed by atoms with E-state index in [0.29, 0.717) is 48.1 Å². The Labute approximate surface area is 199 Å². The van der Waals surface area contributed by atoms with Gasteiger partial charge in [-0.05, 0) is 84.4 Å². The average Bonchev–Trinajstić information content (AvgIpc) is 3.51. The normalized spacial score (nSPS) is 27.9. The van der Waals surface area contributed by atoms with Crippen LogP contribution in [0.3, 0.4) is 0 Å². The van der Waals surface area contributed by atoms with Crippen LogP contribution >= 0.6 is 0 Å². The molecule has 3 aromatic rings. The molecule has 7 rings (SSSR count). The summed E-state index contributed by atoms with van der Waals surface area (Å²) >= 11 is 0. The van der Waals surface area contributed by atoms with Gasteiger partial charge in [-0.15, -0.1) is 0 Å². The van der Waals surface area contributed by atoms with Gasteiger partial charge in [-0.3, -0.25) is 4.79 Å². The standard InChI is InChI=1S/C29H28N2O3/c32-29(30-21-9-11-24-25(16-21)34-13-12-33-24)20-8-10-23-22(15-20)26-18-6-7-19(14-18)27(26)28(31-23)17-4-2-1-3-5-17/h1-5,8-11,15-16,18-19,26-28,31H,6-7,12-14H2,(H,30,32)/t18-,19+,26-,27+,28-/m1/s1. The molecule has 0 aromatic heterocycles. The minimum absolute atomic E-state index is 0.0932. The molecule has 0 spiro atoms. The second kappa shape index (κ2) is 7.79. The number of rotatable bonds is 3. The SMILES string of the molecule is O=C(Nc1ccc2c(c1)OCCO2)c1ccc2c(c1)[C@H]1[C@@H]3CC[C@@H](C3)[C@@H]1[C@@H](c1ccccc1)N2. The zero-order valence-electron chi connectivity index (χ0n) is 19.0. The van der Waals surface area contributed by atoms with Crippen molar-refractivity contribution in [3.05, 3.63) is 83.4 Å². The number of fused-ring (bicyclic) bond motifs is 8. The summed E-state index contributed by atoms with van der Waals surface area (Å²) in [5.74, 6) is 3.89. The zero-order valence-corrected chi connectivity index (χ0v) is 19.0. The highest BCUT2D eigenvalue weighted by Gasteiger charge is 2.53. The quantitative estimate of drug-likeness (QED) is 0.511. The van der Waals surface area contributed by atoms with Crippen LogP contribution in [-0.4, -0.2) is 19.1 Å². The number of carbonyl (C=O) groups excluding carboxylic acids is 1. The van der Waals surface area contributed by atoms with Crippen LogP contribution in [0.1, 0.15) is 52.7 Å².